The van der Waals surface area contributed by atoms with Crippen LogP contribution in [0.3, 0.4) is 0 Å². The number of ketones is 1. The van der Waals surface area contributed by atoms with E-state index >= 15 is 0 Å². The van der Waals surface area contributed by atoms with E-state index in [-0.39, 0.29) is 17.5 Å². The molecular formula is C27H26N2O3. The molecule has 0 radical (unpaired) electrons. The SMILES string of the molecule is CC(C)(C)c1ccc(C2/C(=C(\[O-])c3ccccc3)C(=O)C(=O)N2Cc2ccc[nH+]c2)cc1. The first-order chi connectivity index (χ1) is 15.3. The fourth-order valence-corrected chi connectivity index (χ4v) is 4.02. The van der Waals surface area contributed by atoms with Crippen LogP contribution in [0.4, 0.5) is 0 Å². The molecule has 1 aromatic heterocycles. The summed E-state index contributed by atoms with van der Waals surface area (Å²) in [6, 6.07) is 19.5. The van der Waals surface area contributed by atoms with Gasteiger partial charge >= 0.3 is 0 Å². The zero-order valence-electron chi connectivity index (χ0n) is 18.5. The van der Waals surface area contributed by atoms with Crippen LogP contribution >= 0.6 is 0 Å². The fraction of sp³-hybridized carbons (Fsp3) is 0.222. The second kappa shape index (κ2) is 8.42. The average molecular weight is 427 g/mol. The Balaban J connectivity index is 1.85. The first kappa shape index (κ1) is 21.5. The number of aromatic amines is 1. The number of nitrogens with zero attached hydrogens (tertiary/aromatic N) is 1. The summed E-state index contributed by atoms with van der Waals surface area (Å²) in [5.74, 6) is -1.79. The quantitative estimate of drug-likeness (QED) is 0.365. The van der Waals surface area contributed by atoms with Crippen LogP contribution in [-0.2, 0) is 21.5 Å². The lowest BCUT2D eigenvalue weighted by Gasteiger charge is -2.28. The summed E-state index contributed by atoms with van der Waals surface area (Å²) in [5.41, 5.74) is 3.09. The predicted molar refractivity (Wildman–Crippen MR) is 120 cm³/mol. The number of nitrogens with one attached hydrogen (secondary N) is 1. The number of likely N-dealkylation sites (tertiary alicyclic amines) is 1. The number of H-pyrrole nitrogens is 1. The summed E-state index contributed by atoms with van der Waals surface area (Å²) in [5, 5.41) is 13.4. The van der Waals surface area contributed by atoms with Crippen molar-refractivity contribution in [2.45, 2.75) is 38.8 Å². The molecule has 2 heterocycles. The minimum Gasteiger partial charge on any atom is -0.872 e. The molecule has 1 aliphatic rings. The van der Waals surface area contributed by atoms with Crippen molar-refractivity contribution in [3.63, 3.8) is 0 Å². The number of aromatic nitrogens is 1. The van der Waals surface area contributed by atoms with Crippen LogP contribution in [0.1, 0.15) is 49.1 Å². The lowest BCUT2D eigenvalue weighted by molar-refractivity contribution is -0.378. The third-order valence-corrected chi connectivity index (χ3v) is 5.78. The van der Waals surface area contributed by atoms with E-state index in [4.69, 9.17) is 0 Å². The summed E-state index contributed by atoms with van der Waals surface area (Å²) in [6.45, 7) is 6.59. The van der Waals surface area contributed by atoms with E-state index in [0.717, 1.165) is 16.7 Å². The molecule has 1 atom stereocenters. The third-order valence-electron chi connectivity index (χ3n) is 5.78. The molecule has 0 aliphatic carbocycles. The number of amides is 1. The molecule has 2 aromatic carbocycles. The van der Waals surface area contributed by atoms with Crippen LogP contribution in [0.2, 0.25) is 0 Å². The van der Waals surface area contributed by atoms with E-state index in [0.29, 0.717) is 5.56 Å². The van der Waals surface area contributed by atoms with Crippen molar-refractivity contribution in [2.75, 3.05) is 0 Å². The Labute approximate surface area is 188 Å². The van der Waals surface area contributed by atoms with Gasteiger partial charge < -0.3 is 10.0 Å². The lowest BCUT2D eigenvalue weighted by atomic mass is 9.85. The maximum absolute atomic E-state index is 13.4. The van der Waals surface area contributed by atoms with Gasteiger partial charge in [0, 0.05) is 17.2 Å². The third kappa shape index (κ3) is 4.06. The minimum atomic E-state index is -0.739. The number of carbonyl (C=O) groups excluding carboxylic acids is 2. The Morgan fingerprint density at radius 2 is 1.66 bits per heavy atom. The molecule has 0 saturated carbocycles. The molecule has 32 heavy (non-hydrogen) atoms. The molecule has 162 valence electrons. The molecular weight excluding hydrogens is 400 g/mol. The standard InChI is InChI=1S/C27H26N2O3/c1-27(2,3)21-13-11-19(12-14-21)23-22(24(30)20-9-5-4-6-10-20)25(31)26(32)29(23)17-18-8-7-15-28-16-18/h4-16,23,30H,17H2,1-3H3/b24-22+. The van der Waals surface area contributed by atoms with Crippen molar-refractivity contribution in [2.24, 2.45) is 0 Å². The monoisotopic (exact) mass is 426 g/mol. The van der Waals surface area contributed by atoms with E-state index in [2.05, 4.69) is 25.8 Å². The number of hydrogen-bond acceptors (Lipinski definition) is 3. The molecule has 1 amide bonds. The average Bonchev–Trinajstić information content (AvgIpc) is 3.04. The number of hydrogen-bond donors (Lipinski definition) is 0. The van der Waals surface area contributed by atoms with Crippen LogP contribution in [-0.4, -0.2) is 16.6 Å². The Hall–Kier alpha value is -3.73. The van der Waals surface area contributed by atoms with Gasteiger partial charge in [0.1, 0.15) is 0 Å². The Bertz CT molecular complexity index is 1160. The maximum Gasteiger partial charge on any atom is 0.295 e. The highest BCUT2D eigenvalue weighted by atomic mass is 16.3. The molecule has 5 heteroatoms. The van der Waals surface area contributed by atoms with Crippen LogP contribution < -0.4 is 10.1 Å². The molecule has 3 aromatic rings. The minimum absolute atomic E-state index is 0.00428. The molecule has 5 nitrogen and oxygen atoms in total. The van der Waals surface area contributed by atoms with Gasteiger partial charge in [-0.25, -0.2) is 4.98 Å². The second-order valence-electron chi connectivity index (χ2n) is 9.06. The van der Waals surface area contributed by atoms with Crippen molar-refractivity contribution in [1.29, 1.82) is 0 Å². The highest BCUT2D eigenvalue weighted by Gasteiger charge is 2.44. The topological polar surface area (TPSA) is 74.6 Å². The second-order valence-corrected chi connectivity index (χ2v) is 9.06. The summed E-state index contributed by atoms with van der Waals surface area (Å²) in [7, 11) is 0. The van der Waals surface area contributed by atoms with Crippen molar-refractivity contribution in [1.82, 2.24) is 4.90 Å². The van der Waals surface area contributed by atoms with Gasteiger partial charge in [-0.2, -0.15) is 0 Å². The van der Waals surface area contributed by atoms with E-state index in [1.165, 1.54) is 4.90 Å². The molecule has 0 bridgehead atoms. The smallest absolute Gasteiger partial charge is 0.295 e. The molecule has 0 spiro atoms. The van der Waals surface area contributed by atoms with Crippen molar-refractivity contribution in [3.8, 4) is 0 Å². The number of Topliss-reactive ketones (excluding diaryl/α,β-unsaturated/α-hetero) is 1. The lowest BCUT2D eigenvalue weighted by Crippen LogP contribution is -2.29. The number of benzene rings is 2. The van der Waals surface area contributed by atoms with E-state index in [1.54, 1.807) is 36.7 Å². The summed E-state index contributed by atoms with van der Waals surface area (Å²) in [4.78, 5) is 30.6. The Morgan fingerprint density at radius 1 is 0.969 bits per heavy atom. The molecule has 1 N–H and O–H groups in total. The van der Waals surface area contributed by atoms with E-state index in [1.807, 2.05) is 42.5 Å². The van der Waals surface area contributed by atoms with Crippen molar-refractivity contribution >= 4 is 17.4 Å². The van der Waals surface area contributed by atoms with Crippen molar-refractivity contribution in [3.05, 3.63) is 107 Å². The maximum atomic E-state index is 13.4. The van der Waals surface area contributed by atoms with E-state index < -0.39 is 23.5 Å². The zero-order chi connectivity index (χ0) is 22.9. The molecule has 1 aliphatic heterocycles. The Kier molecular flexibility index (Phi) is 5.66. The highest BCUT2D eigenvalue weighted by Crippen LogP contribution is 2.40. The fourth-order valence-electron chi connectivity index (χ4n) is 4.02. The summed E-state index contributed by atoms with van der Waals surface area (Å²) in [6.07, 6.45) is 3.56. The number of pyridine rings is 1. The van der Waals surface area contributed by atoms with Crippen molar-refractivity contribution < 1.29 is 19.7 Å². The molecule has 1 fully saturated rings. The van der Waals surface area contributed by atoms with Crippen LogP contribution in [0.15, 0.2) is 84.7 Å². The van der Waals surface area contributed by atoms with Gasteiger partial charge in [-0.3, -0.25) is 9.59 Å². The van der Waals surface area contributed by atoms with Gasteiger partial charge in [-0.05, 0) is 28.2 Å². The zero-order valence-corrected chi connectivity index (χ0v) is 18.5. The van der Waals surface area contributed by atoms with Gasteiger partial charge in [0.05, 0.1) is 12.6 Å². The van der Waals surface area contributed by atoms with Crippen LogP contribution in [0.5, 0.6) is 0 Å². The number of rotatable bonds is 4. The Morgan fingerprint density at radius 3 is 2.25 bits per heavy atom. The normalized spacial score (nSPS) is 18.2. The van der Waals surface area contributed by atoms with Gasteiger partial charge in [0.2, 0.25) is 5.78 Å². The van der Waals surface area contributed by atoms with Crippen LogP contribution in [0.25, 0.3) is 5.76 Å². The van der Waals surface area contributed by atoms with Gasteiger partial charge in [0.15, 0.2) is 12.4 Å². The van der Waals surface area contributed by atoms with Gasteiger partial charge in [-0.1, -0.05) is 81.1 Å². The summed E-state index contributed by atoms with van der Waals surface area (Å²) < 4.78 is 0. The highest BCUT2D eigenvalue weighted by molar-refractivity contribution is 6.46. The number of carbonyl (C=O) groups is 2. The van der Waals surface area contributed by atoms with Crippen LogP contribution in [0, 0.1) is 0 Å². The summed E-state index contributed by atoms with van der Waals surface area (Å²) >= 11 is 0. The molecule has 1 unspecified atom stereocenters. The first-order valence-electron chi connectivity index (χ1n) is 10.6. The van der Waals surface area contributed by atoms with E-state index in [9.17, 15) is 14.7 Å². The molecule has 1 saturated heterocycles. The largest absolute Gasteiger partial charge is 0.872 e. The van der Waals surface area contributed by atoms with Gasteiger partial charge in [0.25, 0.3) is 5.91 Å². The predicted octanol–water partition coefficient (Wildman–Crippen LogP) is 3.22. The first-order valence-corrected chi connectivity index (χ1v) is 10.6. The molecule has 4 rings (SSSR count). The van der Waals surface area contributed by atoms with Gasteiger partial charge in [-0.15, -0.1) is 0 Å².